The molecule has 1 aromatic rings. The molecule has 0 aliphatic heterocycles. The van der Waals surface area contributed by atoms with Gasteiger partial charge in [-0.25, -0.2) is 4.79 Å². The molecule has 8 heteroatoms. The van der Waals surface area contributed by atoms with Crippen molar-refractivity contribution in [2.45, 2.75) is 25.7 Å². The van der Waals surface area contributed by atoms with E-state index in [1.165, 1.54) is 11.9 Å². The number of nitrogens with two attached hydrogens (primary N) is 2. The normalized spacial score (nSPS) is 9.42. The van der Waals surface area contributed by atoms with Gasteiger partial charge in [0.25, 0.3) is 0 Å². The number of hydrogen-bond acceptors (Lipinski definition) is 7. The molecular formula is C16H25N3O4S. The molecule has 0 aliphatic rings. The van der Waals surface area contributed by atoms with Gasteiger partial charge in [-0.1, -0.05) is 30.1 Å². The Kier molecular flexibility index (Phi) is 13.3. The van der Waals surface area contributed by atoms with E-state index in [1.807, 2.05) is 30.3 Å². The summed E-state index contributed by atoms with van der Waals surface area (Å²) >= 11 is 1.23. The summed E-state index contributed by atoms with van der Waals surface area (Å²) in [6.07, 6.45) is 1.44. The fourth-order valence-corrected chi connectivity index (χ4v) is 1.86. The number of amides is 1. The zero-order valence-corrected chi connectivity index (χ0v) is 14.6. The summed E-state index contributed by atoms with van der Waals surface area (Å²) in [6.45, 7) is 0.577. The van der Waals surface area contributed by atoms with Crippen molar-refractivity contribution in [2.24, 2.45) is 5.14 Å². The molecule has 0 heterocycles. The standard InChI is InChI=1S/C10H18N2O4S.C6H7N/c1-16-10(15)8(13)4-2-5-9(14)12-6-3-7-17-11;7-6-4-2-1-3-5-6/h2-7,11H2,1H3,(H,12,14);1-5H,7H2. The zero-order chi connectivity index (χ0) is 18.2. The second kappa shape index (κ2) is 14.5. The van der Waals surface area contributed by atoms with E-state index >= 15 is 0 Å². The van der Waals surface area contributed by atoms with Crippen LogP contribution in [-0.4, -0.2) is 37.1 Å². The van der Waals surface area contributed by atoms with E-state index in [4.69, 9.17) is 10.9 Å². The maximum atomic E-state index is 11.3. The lowest BCUT2D eigenvalue weighted by Crippen LogP contribution is -2.25. The van der Waals surface area contributed by atoms with Crippen LogP contribution in [0.4, 0.5) is 5.69 Å². The minimum atomic E-state index is -0.856. The first-order valence-corrected chi connectivity index (χ1v) is 8.56. The van der Waals surface area contributed by atoms with Crippen LogP contribution in [0.3, 0.4) is 0 Å². The largest absolute Gasteiger partial charge is 0.463 e. The molecular weight excluding hydrogens is 330 g/mol. The molecule has 5 N–H and O–H groups in total. The van der Waals surface area contributed by atoms with E-state index in [9.17, 15) is 14.4 Å². The Bertz CT molecular complexity index is 497. The van der Waals surface area contributed by atoms with Crippen LogP contribution in [0.5, 0.6) is 0 Å². The molecule has 0 unspecified atom stereocenters. The predicted molar refractivity (Wildman–Crippen MR) is 96.0 cm³/mol. The fourth-order valence-electron chi connectivity index (χ4n) is 1.55. The van der Waals surface area contributed by atoms with Gasteiger partial charge < -0.3 is 15.8 Å². The molecule has 7 nitrogen and oxygen atoms in total. The maximum Gasteiger partial charge on any atom is 0.374 e. The van der Waals surface area contributed by atoms with Crippen molar-refractivity contribution in [3.05, 3.63) is 30.3 Å². The minimum absolute atomic E-state index is 0.0404. The highest BCUT2D eigenvalue weighted by molar-refractivity contribution is 7.97. The number of esters is 1. The highest BCUT2D eigenvalue weighted by Gasteiger charge is 2.13. The van der Waals surface area contributed by atoms with Crippen molar-refractivity contribution in [2.75, 3.05) is 25.1 Å². The number of ether oxygens (including phenoxy) is 1. The number of nitrogen functional groups attached to an aromatic ring is 1. The number of anilines is 1. The molecule has 0 bridgehead atoms. The van der Waals surface area contributed by atoms with Crippen LogP contribution in [0.25, 0.3) is 0 Å². The summed E-state index contributed by atoms with van der Waals surface area (Å²) in [4.78, 5) is 33.0. The number of para-hydroxylation sites is 1. The molecule has 1 rings (SSSR count). The first-order chi connectivity index (χ1) is 11.5. The molecule has 1 aromatic carbocycles. The average Bonchev–Trinajstić information content (AvgIpc) is 2.59. The van der Waals surface area contributed by atoms with Crippen molar-refractivity contribution >= 4 is 35.3 Å². The SMILES string of the molecule is COC(=O)C(=O)CCCC(=O)NCCCSN.Nc1ccccc1. The number of carbonyl (C=O) groups excluding carboxylic acids is 3. The highest BCUT2D eigenvalue weighted by Crippen LogP contribution is 1.98. The fraction of sp³-hybridized carbons (Fsp3) is 0.438. The Hall–Kier alpha value is -2.06. The molecule has 134 valence electrons. The number of carbonyl (C=O) groups is 3. The summed E-state index contributed by atoms with van der Waals surface area (Å²) in [5.41, 5.74) is 6.18. The molecule has 0 fully saturated rings. The minimum Gasteiger partial charge on any atom is -0.463 e. The van der Waals surface area contributed by atoms with Crippen LogP contribution < -0.4 is 16.2 Å². The third-order valence-corrected chi connectivity index (χ3v) is 3.31. The lowest BCUT2D eigenvalue weighted by molar-refractivity contribution is -0.151. The Labute approximate surface area is 146 Å². The second-order valence-corrected chi connectivity index (χ2v) is 5.49. The molecule has 24 heavy (non-hydrogen) atoms. The van der Waals surface area contributed by atoms with Crippen LogP contribution in [0.15, 0.2) is 30.3 Å². The number of Topliss-reactive ketones (excluding diaryl/α,β-unsaturated/α-hetero) is 1. The van der Waals surface area contributed by atoms with E-state index in [0.717, 1.165) is 25.0 Å². The smallest absolute Gasteiger partial charge is 0.374 e. The monoisotopic (exact) mass is 355 g/mol. The highest BCUT2D eigenvalue weighted by atomic mass is 32.2. The topological polar surface area (TPSA) is 125 Å². The molecule has 0 aliphatic carbocycles. The maximum absolute atomic E-state index is 11.3. The number of nitrogens with one attached hydrogen (secondary N) is 1. The lowest BCUT2D eigenvalue weighted by Gasteiger charge is -2.03. The lowest BCUT2D eigenvalue weighted by atomic mass is 10.1. The summed E-state index contributed by atoms with van der Waals surface area (Å²) in [7, 11) is 1.16. The third kappa shape index (κ3) is 12.5. The van der Waals surface area contributed by atoms with Gasteiger partial charge in [-0.05, 0) is 25.0 Å². The Morgan fingerprint density at radius 1 is 1.12 bits per heavy atom. The van der Waals surface area contributed by atoms with Gasteiger partial charge in [-0.2, -0.15) is 0 Å². The van der Waals surface area contributed by atoms with Crippen molar-refractivity contribution < 1.29 is 19.1 Å². The van der Waals surface area contributed by atoms with Gasteiger partial charge in [0.05, 0.1) is 7.11 Å². The van der Waals surface area contributed by atoms with Gasteiger partial charge in [-0.15, -0.1) is 0 Å². The number of ketones is 1. The Morgan fingerprint density at radius 3 is 2.29 bits per heavy atom. The third-order valence-electron chi connectivity index (χ3n) is 2.78. The van der Waals surface area contributed by atoms with Crippen molar-refractivity contribution in [3.8, 4) is 0 Å². The van der Waals surface area contributed by atoms with Gasteiger partial charge in [0, 0.05) is 30.8 Å². The Morgan fingerprint density at radius 2 is 1.79 bits per heavy atom. The number of methoxy groups -OCH3 is 1. The molecule has 0 radical (unpaired) electrons. The van der Waals surface area contributed by atoms with Gasteiger partial charge in [-0.3, -0.25) is 14.7 Å². The van der Waals surface area contributed by atoms with Crippen molar-refractivity contribution in [1.29, 1.82) is 0 Å². The van der Waals surface area contributed by atoms with Gasteiger partial charge in [0.2, 0.25) is 11.7 Å². The van der Waals surface area contributed by atoms with Crippen LogP contribution in [-0.2, 0) is 19.1 Å². The van der Waals surface area contributed by atoms with Gasteiger partial charge in [0.15, 0.2) is 0 Å². The van der Waals surface area contributed by atoms with E-state index < -0.39 is 11.8 Å². The molecule has 1 amide bonds. The first-order valence-electron chi connectivity index (χ1n) is 7.51. The average molecular weight is 355 g/mol. The van der Waals surface area contributed by atoms with Crippen LogP contribution >= 0.6 is 11.9 Å². The van der Waals surface area contributed by atoms with Gasteiger partial charge >= 0.3 is 5.97 Å². The van der Waals surface area contributed by atoms with E-state index in [2.05, 4.69) is 10.1 Å². The van der Waals surface area contributed by atoms with Crippen LogP contribution in [0, 0.1) is 0 Å². The summed E-state index contributed by atoms with van der Waals surface area (Å²) in [6, 6.07) is 9.49. The molecule has 0 saturated heterocycles. The quantitative estimate of drug-likeness (QED) is 0.200. The first kappa shape index (κ1) is 21.9. The number of rotatable bonds is 9. The van der Waals surface area contributed by atoms with Crippen LogP contribution in [0.2, 0.25) is 0 Å². The van der Waals surface area contributed by atoms with Crippen LogP contribution in [0.1, 0.15) is 25.7 Å². The molecule has 0 spiro atoms. The van der Waals surface area contributed by atoms with Gasteiger partial charge in [0.1, 0.15) is 0 Å². The predicted octanol–water partition coefficient (Wildman–Crippen LogP) is 1.28. The number of benzene rings is 1. The van der Waals surface area contributed by atoms with Crippen molar-refractivity contribution in [1.82, 2.24) is 5.32 Å². The number of hydrogen-bond donors (Lipinski definition) is 3. The van der Waals surface area contributed by atoms with E-state index in [0.29, 0.717) is 13.0 Å². The molecule has 0 aromatic heterocycles. The zero-order valence-electron chi connectivity index (χ0n) is 13.8. The summed E-state index contributed by atoms with van der Waals surface area (Å²) < 4.78 is 4.26. The van der Waals surface area contributed by atoms with Crippen molar-refractivity contribution in [3.63, 3.8) is 0 Å². The summed E-state index contributed by atoms with van der Waals surface area (Å²) in [5, 5.41) is 7.92. The van der Waals surface area contributed by atoms with E-state index in [-0.39, 0.29) is 18.7 Å². The second-order valence-electron chi connectivity index (χ2n) is 4.75. The Balaban J connectivity index is 0.000000620. The molecule has 0 saturated carbocycles. The summed E-state index contributed by atoms with van der Waals surface area (Å²) in [5.74, 6) is -0.781. The molecule has 0 atom stereocenters. The van der Waals surface area contributed by atoms with E-state index in [1.54, 1.807) is 0 Å².